The minimum Gasteiger partial charge on any atom is -0.379 e. The van der Waals surface area contributed by atoms with Gasteiger partial charge in [-0.2, -0.15) is 0 Å². The SMILES string of the molecule is CCCCCCCCCCCCCCCCOCC1CO1.N. The molecule has 0 aromatic rings. The van der Waals surface area contributed by atoms with Gasteiger partial charge in [0.15, 0.2) is 0 Å². The first-order valence-electron chi connectivity index (χ1n) is 9.63. The molecule has 1 rings (SSSR count). The lowest BCUT2D eigenvalue weighted by molar-refractivity contribution is 0.113. The molecule has 134 valence electrons. The first kappa shape index (κ1) is 21.9. The number of rotatable bonds is 17. The van der Waals surface area contributed by atoms with E-state index in [0.29, 0.717) is 6.10 Å². The lowest BCUT2D eigenvalue weighted by Crippen LogP contribution is -2.02. The van der Waals surface area contributed by atoms with Crippen LogP contribution in [0.1, 0.15) is 96.8 Å². The van der Waals surface area contributed by atoms with Crippen molar-refractivity contribution in [1.29, 1.82) is 0 Å². The molecule has 3 nitrogen and oxygen atoms in total. The van der Waals surface area contributed by atoms with Crippen molar-refractivity contribution in [3.8, 4) is 0 Å². The van der Waals surface area contributed by atoms with Gasteiger partial charge in [-0.15, -0.1) is 0 Å². The molecule has 3 N–H and O–H groups in total. The normalized spacial score (nSPS) is 16.5. The van der Waals surface area contributed by atoms with E-state index in [4.69, 9.17) is 9.47 Å². The Kier molecular flexibility index (Phi) is 17.1. The first-order valence-corrected chi connectivity index (χ1v) is 9.63. The maximum Gasteiger partial charge on any atom is 0.104 e. The minimum absolute atomic E-state index is 0. The van der Waals surface area contributed by atoms with Crippen molar-refractivity contribution in [2.45, 2.75) is 103 Å². The van der Waals surface area contributed by atoms with E-state index in [9.17, 15) is 0 Å². The molecule has 1 unspecified atom stereocenters. The van der Waals surface area contributed by atoms with E-state index in [1.165, 1.54) is 89.9 Å². The zero-order valence-corrected chi connectivity index (χ0v) is 15.1. The molecule has 1 saturated heterocycles. The van der Waals surface area contributed by atoms with Crippen LogP contribution in [0.2, 0.25) is 0 Å². The monoisotopic (exact) mass is 315 g/mol. The molecule has 1 aliphatic heterocycles. The summed E-state index contributed by atoms with van der Waals surface area (Å²) in [7, 11) is 0. The summed E-state index contributed by atoms with van der Waals surface area (Å²) in [5, 5.41) is 0. The molecular formula is C19H41NO2. The number of hydrogen-bond donors (Lipinski definition) is 1. The third kappa shape index (κ3) is 16.3. The number of ether oxygens (including phenoxy) is 2. The highest BCUT2D eigenvalue weighted by molar-refractivity contribution is 4.66. The van der Waals surface area contributed by atoms with Crippen molar-refractivity contribution in [2.24, 2.45) is 0 Å². The van der Waals surface area contributed by atoms with Crippen LogP contribution in [-0.2, 0) is 9.47 Å². The van der Waals surface area contributed by atoms with Crippen LogP contribution in [0.4, 0.5) is 0 Å². The lowest BCUT2D eigenvalue weighted by atomic mass is 10.0. The second-order valence-corrected chi connectivity index (χ2v) is 6.63. The van der Waals surface area contributed by atoms with Crippen LogP contribution in [-0.4, -0.2) is 25.9 Å². The molecule has 1 aliphatic rings. The third-order valence-electron chi connectivity index (χ3n) is 4.35. The summed E-state index contributed by atoms with van der Waals surface area (Å²) >= 11 is 0. The molecule has 0 aliphatic carbocycles. The van der Waals surface area contributed by atoms with Crippen LogP contribution in [0.3, 0.4) is 0 Å². The first-order chi connectivity index (χ1) is 10.4. The van der Waals surface area contributed by atoms with Crippen molar-refractivity contribution >= 4 is 0 Å². The van der Waals surface area contributed by atoms with E-state index in [1.54, 1.807) is 0 Å². The van der Waals surface area contributed by atoms with Crippen LogP contribution in [0.5, 0.6) is 0 Å². The van der Waals surface area contributed by atoms with Gasteiger partial charge in [-0.1, -0.05) is 90.4 Å². The molecule has 1 atom stereocenters. The molecule has 0 bridgehead atoms. The lowest BCUT2D eigenvalue weighted by Gasteiger charge is -2.04. The predicted octanol–water partition coefficient (Wildman–Crippen LogP) is 6.05. The van der Waals surface area contributed by atoms with Crippen LogP contribution in [0, 0.1) is 0 Å². The van der Waals surface area contributed by atoms with E-state index >= 15 is 0 Å². The Bertz CT molecular complexity index is 208. The molecule has 0 saturated carbocycles. The van der Waals surface area contributed by atoms with Crippen LogP contribution in [0.25, 0.3) is 0 Å². The Morgan fingerprint density at radius 1 is 0.727 bits per heavy atom. The molecule has 0 amide bonds. The summed E-state index contributed by atoms with van der Waals surface area (Å²) in [6.07, 6.45) is 20.2. The van der Waals surface area contributed by atoms with Gasteiger partial charge in [0.05, 0.1) is 13.2 Å². The standard InChI is InChI=1S/C19H38O2.H3N/c1-2-3-4-5-6-7-8-9-10-11-12-13-14-15-16-20-17-19-18-21-19;/h19H,2-18H2,1H3;1H3. The van der Waals surface area contributed by atoms with Crippen LogP contribution < -0.4 is 6.15 Å². The van der Waals surface area contributed by atoms with E-state index in [0.717, 1.165) is 19.8 Å². The zero-order chi connectivity index (χ0) is 15.0. The minimum atomic E-state index is 0. The van der Waals surface area contributed by atoms with E-state index < -0.39 is 0 Å². The Balaban J connectivity index is 0.00000441. The Labute approximate surface area is 139 Å². The molecule has 1 heterocycles. The summed E-state index contributed by atoms with van der Waals surface area (Å²) in [4.78, 5) is 0. The summed E-state index contributed by atoms with van der Waals surface area (Å²) in [6, 6.07) is 0. The van der Waals surface area contributed by atoms with Crippen molar-refractivity contribution in [2.75, 3.05) is 19.8 Å². The summed E-state index contributed by atoms with van der Waals surface area (Å²) < 4.78 is 10.6. The van der Waals surface area contributed by atoms with Crippen molar-refractivity contribution in [1.82, 2.24) is 6.15 Å². The van der Waals surface area contributed by atoms with Gasteiger partial charge in [0.1, 0.15) is 6.10 Å². The summed E-state index contributed by atoms with van der Waals surface area (Å²) in [5.74, 6) is 0. The fourth-order valence-electron chi connectivity index (χ4n) is 2.78. The predicted molar refractivity (Wildman–Crippen MR) is 95.9 cm³/mol. The second kappa shape index (κ2) is 17.2. The quantitative estimate of drug-likeness (QED) is 0.263. The molecule has 0 radical (unpaired) electrons. The maximum absolute atomic E-state index is 5.54. The summed E-state index contributed by atoms with van der Waals surface area (Å²) in [5.41, 5.74) is 0. The Hall–Kier alpha value is -0.120. The van der Waals surface area contributed by atoms with E-state index in [1.807, 2.05) is 0 Å². The highest BCUT2D eigenvalue weighted by Gasteiger charge is 2.21. The molecule has 0 aromatic heterocycles. The Morgan fingerprint density at radius 3 is 1.55 bits per heavy atom. The largest absolute Gasteiger partial charge is 0.379 e. The molecule has 22 heavy (non-hydrogen) atoms. The van der Waals surface area contributed by atoms with Crippen molar-refractivity contribution in [3.63, 3.8) is 0 Å². The van der Waals surface area contributed by atoms with Gasteiger partial charge in [-0.05, 0) is 6.42 Å². The molecular weight excluding hydrogens is 274 g/mol. The fraction of sp³-hybridized carbons (Fsp3) is 1.00. The average Bonchev–Trinajstić information content (AvgIpc) is 3.31. The molecule has 1 fully saturated rings. The number of unbranched alkanes of at least 4 members (excludes halogenated alkanes) is 13. The van der Waals surface area contributed by atoms with Gasteiger partial charge in [0.2, 0.25) is 0 Å². The van der Waals surface area contributed by atoms with Gasteiger partial charge in [0.25, 0.3) is 0 Å². The number of epoxide rings is 1. The topological polar surface area (TPSA) is 56.8 Å². The average molecular weight is 316 g/mol. The van der Waals surface area contributed by atoms with Gasteiger partial charge >= 0.3 is 0 Å². The summed E-state index contributed by atoms with van der Waals surface area (Å²) in [6.45, 7) is 4.95. The molecule has 3 heteroatoms. The zero-order valence-electron chi connectivity index (χ0n) is 15.1. The van der Waals surface area contributed by atoms with Gasteiger partial charge < -0.3 is 15.6 Å². The van der Waals surface area contributed by atoms with Crippen molar-refractivity contribution < 1.29 is 9.47 Å². The molecule has 0 aromatic carbocycles. The van der Waals surface area contributed by atoms with Gasteiger partial charge in [-0.25, -0.2) is 0 Å². The fourth-order valence-corrected chi connectivity index (χ4v) is 2.78. The second-order valence-electron chi connectivity index (χ2n) is 6.63. The Morgan fingerprint density at radius 2 is 1.14 bits per heavy atom. The highest BCUT2D eigenvalue weighted by Crippen LogP contribution is 2.13. The maximum atomic E-state index is 5.54. The van der Waals surface area contributed by atoms with Crippen molar-refractivity contribution in [3.05, 3.63) is 0 Å². The van der Waals surface area contributed by atoms with E-state index in [-0.39, 0.29) is 6.15 Å². The third-order valence-corrected chi connectivity index (χ3v) is 4.35. The number of hydrogen-bond acceptors (Lipinski definition) is 3. The molecule has 0 spiro atoms. The van der Waals surface area contributed by atoms with Crippen LogP contribution in [0.15, 0.2) is 0 Å². The van der Waals surface area contributed by atoms with E-state index in [2.05, 4.69) is 6.92 Å². The van der Waals surface area contributed by atoms with Gasteiger partial charge in [-0.3, -0.25) is 0 Å². The van der Waals surface area contributed by atoms with Crippen LogP contribution >= 0.6 is 0 Å². The van der Waals surface area contributed by atoms with Gasteiger partial charge in [0, 0.05) is 6.61 Å². The smallest absolute Gasteiger partial charge is 0.104 e. The highest BCUT2D eigenvalue weighted by atomic mass is 16.6.